The van der Waals surface area contributed by atoms with Gasteiger partial charge in [0.15, 0.2) is 0 Å². The van der Waals surface area contributed by atoms with Gasteiger partial charge in [-0.3, -0.25) is 4.79 Å². The van der Waals surface area contributed by atoms with Crippen molar-refractivity contribution in [3.05, 3.63) is 53.7 Å². The molecule has 0 spiro atoms. The molecule has 0 aliphatic carbocycles. The first-order valence-corrected chi connectivity index (χ1v) is 9.00. The Hall–Kier alpha value is -2.60. The Morgan fingerprint density at radius 1 is 1.15 bits per heavy atom. The topological polar surface area (TPSA) is 63.7 Å². The molecule has 1 N–H and O–H groups in total. The van der Waals surface area contributed by atoms with Crippen LogP contribution in [0.25, 0.3) is 0 Å². The van der Waals surface area contributed by atoms with Crippen molar-refractivity contribution < 1.29 is 14.3 Å². The van der Waals surface area contributed by atoms with Gasteiger partial charge in [-0.15, -0.1) is 0 Å². The fourth-order valence-electron chi connectivity index (χ4n) is 2.82. The molecule has 1 aliphatic heterocycles. The van der Waals surface area contributed by atoms with Crippen LogP contribution in [0.2, 0.25) is 0 Å². The molecule has 1 aliphatic rings. The molecule has 0 radical (unpaired) electrons. The molecule has 138 valence electrons. The molecule has 6 heteroatoms. The van der Waals surface area contributed by atoms with Crippen LogP contribution in [-0.4, -0.2) is 43.8 Å². The molecule has 2 heterocycles. The predicted octanol–water partition coefficient (Wildman–Crippen LogP) is 2.18. The predicted molar refractivity (Wildman–Crippen MR) is 100 cm³/mol. The zero-order valence-corrected chi connectivity index (χ0v) is 15.1. The number of hydrogen-bond donors (Lipinski definition) is 1. The van der Waals surface area contributed by atoms with Gasteiger partial charge >= 0.3 is 0 Å². The van der Waals surface area contributed by atoms with E-state index < -0.39 is 0 Å². The van der Waals surface area contributed by atoms with Crippen LogP contribution in [-0.2, 0) is 22.5 Å². The van der Waals surface area contributed by atoms with Gasteiger partial charge in [-0.25, -0.2) is 4.98 Å². The molecule has 2 aromatic rings. The summed E-state index contributed by atoms with van der Waals surface area (Å²) >= 11 is 0. The van der Waals surface area contributed by atoms with Gasteiger partial charge in [0.2, 0.25) is 5.91 Å². The van der Waals surface area contributed by atoms with Crippen LogP contribution in [0.5, 0.6) is 5.75 Å². The van der Waals surface area contributed by atoms with Crippen LogP contribution in [0.3, 0.4) is 0 Å². The fraction of sp³-hybridized carbons (Fsp3) is 0.400. The number of pyridine rings is 1. The van der Waals surface area contributed by atoms with Gasteiger partial charge < -0.3 is 19.7 Å². The molecule has 1 amide bonds. The van der Waals surface area contributed by atoms with Crippen molar-refractivity contribution in [3.63, 3.8) is 0 Å². The number of nitrogens with one attached hydrogen (secondary N) is 1. The largest absolute Gasteiger partial charge is 0.494 e. The van der Waals surface area contributed by atoms with Gasteiger partial charge in [-0.05, 0) is 36.2 Å². The van der Waals surface area contributed by atoms with Gasteiger partial charge in [-0.2, -0.15) is 0 Å². The minimum absolute atomic E-state index is 0.00795. The zero-order chi connectivity index (χ0) is 18.2. The van der Waals surface area contributed by atoms with E-state index in [1.165, 1.54) is 0 Å². The number of aromatic nitrogens is 1. The van der Waals surface area contributed by atoms with E-state index in [0.717, 1.165) is 49.0 Å². The average molecular weight is 355 g/mol. The minimum Gasteiger partial charge on any atom is -0.494 e. The summed E-state index contributed by atoms with van der Waals surface area (Å²) in [7, 11) is 0. The van der Waals surface area contributed by atoms with E-state index in [0.29, 0.717) is 19.6 Å². The van der Waals surface area contributed by atoms with Crippen molar-refractivity contribution in [1.82, 2.24) is 10.3 Å². The number of rotatable bonds is 7. The second-order valence-electron chi connectivity index (χ2n) is 6.15. The summed E-state index contributed by atoms with van der Waals surface area (Å²) in [6, 6.07) is 11.6. The Kier molecular flexibility index (Phi) is 6.44. The molecule has 3 rings (SSSR count). The molecule has 0 saturated carbocycles. The Labute approximate surface area is 154 Å². The fourth-order valence-corrected chi connectivity index (χ4v) is 2.82. The molecule has 0 unspecified atom stereocenters. The van der Waals surface area contributed by atoms with Crippen LogP contribution < -0.4 is 15.0 Å². The van der Waals surface area contributed by atoms with Crippen LogP contribution in [0.15, 0.2) is 42.6 Å². The number of amides is 1. The summed E-state index contributed by atoms with van der Waals surface area (Å²) in [4.78, 5) is 18.8. The van der Waals surface area contributed by atoms with E-state index in [1.54, 1.807) is 0 Å². The normalized spacial score (nSPS) is 14.1. The highest BCUT2D eigenvalue weighted by molar-refractivity contribution is 5.78. The molecule has 0 atom stereocenters. The molecule has 1 aromatic heterocycles. The van der Waals surface area contributed by atoms with Crippen molar-refractivity contribution in [3.8, 4) is 5.75 Å². The third kappa shape index (κ3) is 5.20. The zero-order valence-electron chi connectivity index (χ0n) is 15.1. The number of ether oxygens (including phenoxy) is 2. The van der Waals surface area contributed by atoms with Crippen LogP contribution in [0.4, 0.5) is 5.82 Å². The van der Waals surface area contributed by atoms with E-state index >= 15 is 0 Å². The summed E-state index contributed by atoms with van der Waals surface area (Å²) in [5.41, 5.74) is 1.95. The standard InChI is InChI=1S/C20H25N3O3/c1-2-26-18-6-3-16(4-7-18)13-20(24)22-15-17-5-8-19(21-14-17)23-9-11-25-12-10-23/h3-8,14H,2,9-13,15H2,1H3,(H,22,24). The molecule has 26 heavy (non-hydrogen) atoms. The lowest BCUT2D eigenvalue weighted by atomic mass is 10.1. The maximum atomic E-state index is 12.1. The minimum atomic E-state index is -0.00795. The third-order valence-corrected chi connectivity index (χ3v) is 4.23. The average Bonchev–Trinajstić information content (AvgIpc) is 2.69. The van der Waals surface area contributed by atoms with Gasteiger partial charge in [0.05, 0.1) is 26.2 Å². The lowest BCUT2D eigenvalue weighted by Crippen LogP contribution is -2.36. The van der Waals surface area contributed by atoms with E-state index in [1.807, 2.05) is 49.5 Å². The number of carbonyl (C=O) groups is 1. The summed E-state index contributed by atoms with van der Waals surface area (Å²) in [5, 5.41) is 2.94. The van der Waals surface area contributed by atoms with E-state index in [4.69, 9.17) is 9.47 Å². The lowest BCUT2D eigenvalue weighted by molar-refractivity contribution is -0.120. The quantitative estimate of drug-likeness (QED) is 0.825. The van der Waals surface area contributed by atoms with E-state index in [2.05, 4.69) is 15.2 Å². The van der Waals surface area contributed by atoms with Gasteiger partial charge in [0, 0.05) is 25.8 Å². The molecule has 1 aromatic carbocycles. The van der Waals surface area contributed by atoms with E-state index in [-0.39, 0.29) is 5.91 Å². The van der Waals surface area contributed by atoms with E-state index in [9.17, 15) is 4.79 Å². The number of hydrogen-bond acceptors (Lipinski definition) is 5. The molecule has 1 saturated heterocycles. The van der Waals surface area contributed by atoms with Crippen molar-refractivity contribution in [1.29, 1.82) is 0 Å². The SMILES string of the molecule is CCOc1ccc(CC(=O)NCc2ccc(N3CCOCC3)nc2)cc1. The second-order valence-corrected chi connectivity index (χ2v) is 6.15. The first kappa shape index (κ1) is 18.2. The van der Waals surface area contributed by atoms with Crippen molar-refractivity contribution in [2.45, 2.75) is 19.9 Å². The maximum absolute atomic E-state index is 12.1. The smallest absolute Gasteiger partial charge is 0.224 e. The van der Waals surface area contributed by atoms with Crippen molar-refractivity contribution in [2.24, 2.45) is 0 Å². The summed E-state index contributed by atoms with van der Waals surface area (Å²) in [6.45, 7) is 6.28. The van der Waals surface area contributed by atoms with Crippen molar-refractivity contribution in [2.75, 3.05) is 37.8 Å². The third-order valence-electron chi connectivity index (χ3n) is 4.23. The van der Waals surface area contributed by atoms with Gasteiger partial charge in [-0.1, -0.05) is 18.2 Å². The molecular formula is C20H25N3O3. The number of morpholine rings is 1. The highest BCUT2D eigenvalue weighted by Crippen LogP contribution is 2.14. The summed E-state index contributed by atoms with van der Waals surface area (Å²) in [5.74, 6) is 1.77. The molecular weight excluding hydrogens is 330 g/mol. The monoisotopic (exact) mass is 355 g/mol. The Bertz CT molecular complexity index is 695. The Morgan fingerprint density at radius 2 is 1.88 bits per heavy atom. The Morgan fingerprint density at radius 3 is 2.54 bits per heavy atom. The number of benzene rings is 1. The van der Waals surface area contributed by atoms with Crippen LogP contribution >= 0.6 is 0 Å². The first-order valence-electron chi connectivity index (χ1n) is 9.00. The summed E-state index contributed by atoms with van der Waals surface area (Å²) in [6.07, 6.45) is 2.17. The number of carbonyl (C=O) groups excluding carboxylic acids is 1. The second kappa shape index (κ2) is 9.20. The van der Waals surface area contributed by atoms with Crippen LogP contribution in [0.1, 0.15) is 18.1 Å². The molecule has 6 nitrogen and oxygen atoms in total. The first-order chi connectivity index (χ1) is 12.7. The van der Waals surface area contributed by atoms with Crippen LogP contribution in [0, 0.1) is 0 Å². The molecule has 0 bridgehead atoms. The number of nitrogens with zero attached hydrogens (tertiary/aromatic N) is 2. The summed E-state index contributed by atoms with van der Waals surface area (Å²) < 4.78 is 10.8. The van der Waals surface area contributed by atoms with Gasteiger partial charge in [0.25, 0.3) is 0 Å². The highest BCUT2D eigenvalue weighted by Gasteiger charge is 2.12. The lowest BCUT2D eigenvalue weighted by Gasteiger charge is -2.27. The maximum Gasteiger partial charge on any atom is 0.224 e. The number of anilines is 1. The van der Waals surface area contributed by atoms with Crippen molar-refractivity contribution >= 4 is 11.7 Å². The molecule has 1 fully saturated rings. The Balaban J connectivity index is 1.46. The highest BCUT2D eigenvalue weighted by atomic mass is 16.5. The van der Waals surface area contributed by atoms with Gasteiger partial charge in [0.1, 0.15) is 11.6 Å².